The van der Waals surface area contributed by atoms with Crippen molar-refractivity contribution in [2.24, 2.45) is 5.73 Å². The number of rotatable bonds is 3. The third kappa shape index (κ3) is 1.55. The van der Waals surface area contributed by atoms with Gasteiger partial charge >= 0.3 is 0 Å². The molecule has 66 valence electrons. The highest BCUT2D eigenvalue weighted by atomic mass is 16.5. The number of hydrogen-bond acceptors (Lipinski definition) is 3. The zero-order valence-electron chi connectivity index (χ0n) is 7.05. The molecule has 0 amide bonds. The van der Waals surface area contributed by atoms with Crippen LogP contribution >= 0.6 is 0 Å². The molecule has 0 aromatic rings. The second-order valence-electron chi connectivity index (χ2n) is 3.23. The number of aliphatic hydroxyl groups excluding tert-OH is 1. The van der Waals surface area contributed by atoms with E-state index >= 15 is 0 Å². The van der Waals surface area contributed by atoms with E-state index in [1.807, 2.05) is 0 Å². The summed E-state index contributed by atoms with van der Waals surface area (Å²) in [7, 11) is 1.66. The van der Waals surface area contributed by atoms with Gasteiger partial charge in [-0.1, -0.05) is 12.8 Å². The van der Waals surface area contributed by atoms with Crippen LogP contribution in [0.4, 0.5) is 0 Å². The van der Waals surface area contributed by atoms with Gasteiger partial charge in [0.1, 0.15) is 0 Å². The topological polar surface area (TPSA) is 55.5 Å². The van der Waals surface area contributed by atoms with E-state index in [2.05, 4.69) is 0 Å². The molecule has 0 saturated heterocycles. The highest BCUT2D eigenvalue weighted by Crippen LogP contribution is 2.35. The number of ether oxygens (including phenoxy) is 1. The summed E-state index contributed by atoms with van der Waals surface area (Å²) in [5, 5.41) is 9.56. The minimum absolute atomic E-state index is 0.299. The fourth-order valence-electron chi connectivity index (χ4n) is 1.86. The van der Waals surface area contributed by atoms with Crippen LogP contribution in [-0.4, -0.2) is 30.5 Å². The Hall–Kier alpha value is -0.120. The van der Waals surface area contributed by atoms with Crippen LogP contribution in [0.2, 0.25) is 0 Å². The Bertz CT molecular complexity index is 121. The Morgan fingerprint density at radius 3 is 2.45 bits per heavy atom. The van der Waals surface area contributed by atoms with E-state index in [1.54, 1.807) is 7.11 Å². The number of nitrogens with two attached hydrogens (primary N) is 1. The standard InChI is InChI=1S/C8H17NO2/c1-11-8(7(10)6-9)4-2-3-5-8/h7,10H,2-6,9H2,1H3. The van der Waals surface area contributed by atoms with Crippen molar-refractivity contribution < 1.29 is 9.84 Å². The van der Waals surface area contributed by atoms with Crippen molar-refractivity contribution in [2.75, 3.05) is 13.7 Å². The van der Waals surface area contributed by atoms with Crippen molar-refractivity contribution >= 4 is 0 Å². The van der Waals surface area contributed by atoms with Gasteiger partial charge in [0.2, 0.25) is 0 Å². The first-order valence-electron chi connectivity index (χ1n) is 4.18. The van der Waals surface area contributed by atoms with Crippen LogP contribution in [0.15, 0.2) is 0 Å². The van der Waals surface area contributed by atoms with Crippen LogP contribution in [0.3, 0.4) is 0 Å². The van der Waals surface area contributed by atoms with E-state index in [9.17, 15) is 5.11 Å². The molecule has 3 nitrogen and oxygen atoms in total. The maximum atomic E-state index is 9.56. The van der Waals surface area contributed by atoms with Crippen molar-refractivity contribution in [2.45, 2.75) is 37.4 Å². The van der Waals surface area contributed by atoms with E-state index in [4.69, 9.17) is 10.5 Å². The molecule has 0 spiro atoms. The molecule has 0 bridgehead atoms. The molecule has 11 heavy (non-hydrogen) atoms. The monoisotopic (exact) mass is 159 g/mol. The smallest absolute Gasteiger partial charge is 0.0951 e. The molecule has 0 heterocycles. The molecule has 0 aliphatic heterocycles. The van der Waals surface area contributed by atoms with Crippen molar-refractivity contribution in [1.29, 1.82) is 0 Å². The van der Waals surface area contributed by atoms with E-state index in [0.717, 1.165) is 25.7 Å². The van der Waals surface area contributed by atoms with Gasteiger partial charge in [0, 0.05) is 13.7 Å². The van der Waals surface area contributed by atoms with Crippen LogP contribution in [-0.2, 0) is 4.74 Å². The minimum atomic E-state index is -0.491. The summed E-state index contributed by atoms with van der Waals surface area (Å²) in [6.45, 7) is 0.299. The Morgan fingerprint density at radius 2 is 2.09 bits per heavy atom. The molecule has 0 aromatic heterocycles. The van der Waals surface area contributed by atoms with Gasteiger partial charge in [-0.2, -0.15) is 0 Å². The van der Waals surface area contributed by atoms with E-state index in [1.165, 1.54) is 0 Å². The lowest BCUT2D eigenvalue weighted by Crippen LogP contribution is -2.45. The van der Waals surface area contributed by atoms with Crippen LogP contribution in [0.5, 0.6) is 0 Å². The molecule has 3 N–H and O–H groups in total. The number of methoxy groups -OCH3 is 1. The van der Waals surface area contributed by atoms with Gasteiger partial charge < -0.3 is 15.6 Å². The Balaban J connectivity index is 2.58. The zero-order chi connectivity index (χ0) is 8.32. The molecule has 1 saturated carbocycles. The molecule has 1 aliphatic carbocycles. The van der Waals surface area contributed by atoms with Gasteiger partial charge in [-0.25, -0.2) is 0 Å². The van der Waals surface area contributed by atoms with Crippen molar-refractivity contribution in [3.8, 4) is 0 Å². The van der Waals surface area contributed by atoms with Gasteiger partial charge in [0.25, 0.3) is 0 Å². The molecule has 3 heteroatoms. The average molecular weight is 159 g/mol. The first kappa shape index (κ1) is 8.97. The van der Waals surface area contributed by atoms with E-state index < -0.39 is 6.10 Å². The summed E-state index contributed by atoms with van der Waals surface area (Å²) in [4.78, 5) is 0. The summed E-state index contributed by atoms with van der Waals surface area (Å²) >= 11 is 0. The van der Waals surface area contributed by atoms with E-state index in [-0.39, 0.29) is 5.60 Å². The Labute approximate surface area is 67.5 Å². The van der Waals surface area contributed by atoms with E-state index in [0.29, 0.717) is 6.54 Å². The van der Waals surface area contributed by atoms with Crippen LogP contribution in [0.25, 0.3) is 0 Å². The molecule has 0 radical (unpaired) electrons. The Kier molecular flexibility index (Phi) is 2.87. The van der Waals surface area contributed by atoms with Crippen molar-refractivity contribution in [3.05, 3.63) is 0 Å². The molecular weight excluding hydrogens is 142 g/mol. The van der Waals surface area contributed by atoms with Gasteiger partial charge in [-0.3, -0.25) is 0 Å². The van der Waals surface area contributed by atoms with Crippen LogP contribution in [0, 0.1) is 0 Å². The number of aliphatic hydroxyl groups is 1. The summed E-state index contributed by atoms with van der Waals surface area (Å²) in [6.07, 6.45) is 3.69. The van der Waals surface area contributed by atoms with Gasteiger partial charge in [-0.05, 0) is 12.8 Å². The summed E-state index contributed by atoms with van der Waals surface area (Å²) in [5.74, 6) is 0. The molecule has 0 aromatic carbocycles. The minimum Gasteiger partial charge on any atom is -0.389 e. The fourth-order valence-corrected chi connectivity index (χ4v) is 1.86. The average Bonchev–Trinajstić information content (AvgIpc) is 2.52. The first-order valence-corrected chi connectivity index (χ1v) is 4.18. The predicted octanol–water partition coefficient (Wildman–Crippen LogP) is 0.265. The molecule has 1 atom stereocenters. The highest BCUT2D eigenvalue weighted by Gasteiger charge is 2.39. The molecule has 1 rings (SSSR count). The lowest BCUT2D eigenvalue weighted by Gasteiger charge is -2.31. The van der Waals surface area contributed by atoms with Crippen LogP contribution < -0.4 is 5.73 Å². The third-order valence-electron chi connectivity index (χ3n) is 2.69. The van der Waals surface area contributed by atoms with Gasteiger partial charge in [0.15, 0.2) is 0 Å². The zero-order valence-corrected chi connectivity index (χ0v) is 7.05. The maximum Gasteiger partial charge on any atom is 0.0951 e. The second-order valence-corrected chi connectivity index (χ2v) is 3.23. The molecule has 1 fully saturated rings. The number of hydrogen-bond donors (Lipinski definition) is 2. The second kappa shape index (κ2) is 3.52. The van der Waals surface area contributed by atoms with Crippen molar-refractivity contribution in [3.63, 3.8) is 0 Å². The highest BCUT2D eigenvalue weighted by molar-refractivity contribution is 4.92. The molecule has 1 unspecified atom stereocenters. The summed E-state index contributed by atoms with van der Waals surface area (Å²) in [6, 6.07) is 0. The lowest BCUT2D eigenvalue weighted by molar-refractivity contribution is -0.0934. The van der Waals surface area contributed by atoms with Crippen molar-refractivity contribution in [1.82, 2.24) is 0 Å². The summed E-state index contributed by atoms with van der Waals surface area (Å²) < 4.78 is 5.32. The Morgan fingerprint density at radius 1 is 1.55 bits per heavy atom. The summed E-state index contributed by atoms with van der Waals surface area (Å²) in [5.41, 5.74) is 5.06. The molecular formula is C8H17NO2. The van der Waals surface area contributed by atoms with Gasteiger partial charge in [0.05, 0.1) is 11.7 Å². The third-order valence-corrected chi connectivity index (χ3v) is 2.69. The van der Waals surface area contributed by atoms with Gasteiger partial charge in [-0.15, -0.1) is 0 Å². The normalized spacial score (nSPS) is 25.4. The molecule has 1 aliphatic rings. The lowest BCUT2D eigenvalue weighted by atomic mass is 9.94. The van der Waals surface area contributed by atoms with Crippen LogP contribution in [0.1, 0.15) is 25.7 Å². The quantitative estimate of drug-likeness (QED) is 0.621. The maximum absolute atomic E-state index is 9.56. The largest absolute Gasteiger partial charge is 0.389 e. The fraction of sp³-hybridized carbons (Fsp3) is 1.00. The SMILES string of the molecule is COC1(C(O)CN)CCCC1. The predicted molar refractivity (Wildman–Crippen MR) is 43.3 cm³/mol. The first-order chi connectivity index (χ1) is 5.25.